The first-order valence-electron chi connectivity index (χ1n) is 12.6. The number of carbonyl (C=O) groups excluding carboxylic acids is 2. The van der Waals surface area contributed by atoms with E-state index in [0.29, 0.717) is 62.6 Å². The molecule has 2 aliphatic rings. The lowest BCUT2D eigenvalue weighted by atomic mass is 9.77. The van der Waals surface area contributed by atoms with Gasteiger partial charge in [-0.15, -0.1) is 0 Å². The number of likely N-dealkylation sites (tertiary alicyclic amines) is 2. The Morgan fingerprint density at radius 3 is 2.44 bits per heavy atom. The second-order valence-electron chi connectivity index (χ2n) is 10.3. The van der Waals surface area contributed by atoms with E-state index in [2.05, 4.69) is 0 Å². The summed E-state index contributed by atoms with van der Waals surface area (Å²) >= 11 is 6.32. The number of aryl methyl sites for hydroxylation is 2. The number of nitrogens with zero attached hydrogens (tertiary/aromatic N) is 2. The normalized spacial score (nSPS) is 20.9. The summed E-state index contributed by atoms with van der Waals surface area (Å²) in [4.78, 5) is 30.0. The van der Waals surface area contributed by atoms with Crippen LogP contribution in [0.15, 0.2) is 36.4 Å². The van der Waals surface area contributed by atoms with Gasteiger partial charge in [0.25, 0.3) is 5.91 Å². The number of carbonyl (C=O) groups is 2. The van der Waals surface area contributed by atoms with Gasteiger partial charge in [0.15, 0.2) is 0 Å². The predicted octanol–water partition coefficient (Wildman–Crippen LogP) is 4.77. The molecular formula is C28H34ClFN2O4. The van der Waals surface area contributed by atoms with E-state index in [1.807, 2.05) is 26.0 Å². The Bertz CT molecular complexity index is 1100. The lowest BCUT2D eigenvalue weighted by Gasteiger charge is -2.43. The molecule has 4 rings (SSSR count). The molecule has 2 heterocycles. The van der Waals surface area contributed by atoms with Crippen LogP contribution in [0.1, 0.15) is 53.6 Å². The quantitative estimate of drug-likeness (QED) is 0.600. The van der Waals surface area contributed by atoms with Crippen molar-refractivity contribution in [1.29, 1.82) is 0 Å². The van der Waals surface area contributed by atoms with Crippen molar-refractivity contribution in [2.75, 3.05) is 32.8 Å². The predicted molar refractivity (Wildman–Crippen MR) is 137 cm³/mol. The summed E-state index contributed by atoms with van der Waals surface area (Å²) < 4.78 is 20.6. The van der Waals surface area contributed by atoms with E-state index in [4.69, 9.17) is 16.3 Å². The highest BCUT2D eigenvalue weighted by Gasteiger charge is 2.41. The Hall–Kier alpha value is -2.64. The fourth-order valence-electron chi connectivity index (χ4n) is 5.27. The number of ether oxygens (including phenoxy) is 1. The number of benzene rings is 2. The van der Waals surface area contributed by atoms with Crippen LogP contribution in [-0.4, -0.2) is 65.6 Å². The minimum atomic E-state index is -0.617. The highest BCUT2D eigenvalue weighted by atomic mass is 35.5. The third-order valence-corrected chi connectivity index (χ3v) is 7.95. The SMILES string of the molecule is Cc1cc(OC[C@]2(CC(=O)N3CCC(O)CC3)CCCN(C(=O)c3ccccc3F)C2)cc(C)c1Cl. The number of aliphatic hydroxyl groups is 1. The molecule has 0 aliphatic carbocycles. The smallest absolute Gasteiger partial charge is 0.256 e. The number of aliphatic hydroxyl groups excluding tert-OH is 1. The topological polar surface area (TPSA) is 70.1 Å². The zero-order valence-electron chi connectivity index (χ0n) is 20.9. The molecule has 2 aliphatic heterocycles. The van der Waals surface area contributed by atoms with E-state index in [9.17, 15) is 19.1 Å². The van der Waals surface area contributed by atoms with E-state index in [1.165, 1.54) is 12.1 Å². The first kappa shape index (κ1) is 26.4. The van der Waals surface area contributed by atoms with Gasteiger partial charge >= 0.3 is 0 Å². The average molecular weight is 517 g/mol. The van der Waals surface area contributed by atoms with Crippen LogP contribution in [0.2, 0.25) is 5.02 Å². The first-order valence-corrected chi connectivity index (χ1v) is 12.9. The summed E-state index contributed by atoms with van der Waals surface area (Å²) in [6.45, 7) is 5.92. The average Bonchev–Trinajstić information content (AvgIpc) is 2.86. The van der Waals surface area contributed by atoms with Crippen LogP contribution in [-0.2, 0) is 4.79 Å². The number of halogens is 2. The molecule has 6 nitrogen and oxygen atoms in total. The Labute approximate surface area is 217 Å². The second kappa shape index (κ2) is 11.2. The van der Waals surface area contributed by atoms with Gasteiger partial charge in [0, 0.05) is 43.0 Å². The molecule has 2 aromatic carbocycles. The van der Waals surface area contributed by atoms with Gasteiger partial charge in [-0.2, -0.15) is 0 Å². The standard InChI is InChI=1S/C28H34ClFN2O4/c1-19-14-22(15-20(2)26(19)29)36-18-28(16-25(34)31-12-8-21(33)9-13-31)10-5-11-32(17-28)27(35)23-6-3-4-7-24(23)30/h3-4,6-7,14-15,21,33H,5,8-13,16-18H2,1-2H3/t28-/m0/s1. The van der Waals surface area contributed by atoms with Gasteiger partial charge in [0.05, 0.1) is 18.3 Å². The van der Waals surface area contributed by atoms with Crippen molar-refractivity contribution >= 4 is 23.4 Å². The maximum Gasteiger partial charge on any atom is 0.256 e. The Kier molecular flexibility index (Phi) is 8.20. The van der Waals surface area contributed by atoms with Gasteiger partial charge in [0.2, 0.25) is 5.91 Å². The number of hydrogen-bond acceptors (Lipinski definition) is 4. The monoisotopic (exact) mass is 516 g/mol. The lowest BCUT2D eigenvalue weighted by molar-refractivity contribution is -0.137. The third kappa shape index (κ3) is 6.01. The summed E-state index contributed by atoms with van der Waals surface area (Å²) in [5, 5.41) is 10.5. The van der Waals surface area contributed by atoms with Crippen LogP contribution in [0, 0.1) is 25.1 Å². The van der Waals surface area contributed by atoms with Crippen molar-refractivity contribution in [1.82, 2.24) is 9.80 Å². The van der Waals surface area contributed by atoms with E-state index in [-0.39, 0.29) is 36.5 Å². The maximum absolute atomic E-state index is 14.4. The van der Waals surface area contributed by atoms with Crippen molar-refractivity contribution in [2.45, 2.75) is 52.1 Å². The molecule has 2 saturated heterocycles. The summed E-state index contributed by atoms with van der Waals surface area (Å²) in [5.74, 6) is -0.261. The van der Waals surface area contributed by atoms with Crippen LogP contribution in [0.3, 0.4) is 0 Å². The molecule has 36 heavy (non-hydrogen) atoms. The van der Waals surface area contributed by atoms with Crippen LogP contribution in [0.25, 0.3) is 0 Å². The molecule has 0 radical (unpaired) electrons. The minimum absolute atomic E-state index is 0.00541. The van der Waals surface area contributed by atoms with Crippen molar-refractivity contribution in [3.63, 3.8) is 0 Å². The molecule has 1 atom stereocenters. The number of hydrogen-bond donors (Lipinski definition) is 1. The number of amides is 2. The molecule has 0 bridgehead atoms. The van der Waals surface area contributed by atoms with Crippen LogP contribution in [0.4, 0.5) is 4.39 Å². The highest BCUT2D eigenvalue weighted by Crippen LogP contribution is 2.37. The zero-order chi connectivity index (χ0) is 25.9. The van der Waals surface area contributed by atoms with Crippen LogP contribution in [0.5, 0.6) is 5.75 Å². The molecule has 194 valence electrons. The Morgan fingerprint density at radius 2 is 1.78 bits per heavy atom. The van der Waals surface area contributed by atoms with Crippen molar-refractivity contribution in [3.8, 4) is 5.75 Å². The van der Waals surface area contributed by atoms with Crippen molar-refractivity contribution in [2.24, 2.45) is 5.41 Å². The molecule has 0 unspecified atom stereocenters. The van der Waals surface area contributed by atoms with E-state index < -0.39 is 11.2 Å². The second-order valence-corrected chi connectivity index (χ2v) is 10.6. The maximum atomic E-state index is 14.4. The van der Waals surface area contributed by atoms with E-state index in [1.54, 1.807) is 21.9 Å². The third-order valence-electron chi connectivity index (χ3n) is 7.35. The van der Waals surface area contributed by atoms with Gasteiger partial charge in [-0.1, -0.05) is 23.7 Å². The summed E-state index contributed by atoms with van der Waals surface area (Å²) in [7, 11) is 0. The molecule has 0 spiro atoms. The molecular weight excluding hydrogens is 483 g/mol. The zero-order valence-corrected chi connectivity index (χ0v) is 21.7. The summed E-state index contributed by atoms with van der Waals surface area (Å²) in [6, 6.07) is 9.74. The molecule has 2 fully saturated rings. The first-order chi connectivity index (χ1) is 17.2. The molecule has 0 aromatic heterocycles. The molecule has 2 aromatic rings. The number of piperidine rings is 2. The fourth-order valence-corrected chi connectivity index (χ4v) is 5.38. The van der Waals surface area contributed by atoms with Crippen molar-refractivity contribution < 1.29 is 23.8 Å². The summed E-state index contributed by atoms with van der Waals surface area (Å²) in [5.41, 5.74) is 1.23. The summed E-state index contributed by atoms with van der Waals surface area (Å²) in [6.07, 6.45) is 2.38. The van der Waals surface area contributed by atoms with Crippen LogP contribution >= 0.6 is 11.6 Å². The molecule has 0 saturated carbocycles. The minimum Gasteiger partial charge on any atom is -0.493 e. The van der Waals surface area contributed by atoms with Gasteiger partial charge < -0.3 is 19.6 Å². The lowest BCUT2D eigenvalue weighted by Crippen LogP contribution is -2.51. The van der Waals surface area contributed by atoms with Crippen molar-refractivity contribution in [3.05, 3.63) is 63.9 Å². The number of rotatable bonds is 6. The highest BCUT2D eigenvalue weighted by molar-refractivity contribution is 6.32. The largest absolute Gasteiger partial charge is 0.493 e. The molecule has 1 N–H and O–H groups in total. The van der Waals surface area contributed by atoms with E-state index in [0.717, 1.165) is 11.1 Å². The fraction of sp³-hybridized carbons (Fsp3) is 0.500. The van der Waals surface area contributed by atoms with Gasteiger partial charge in [-0.25, -0.2) is 4.39 Å². The Morgan fingerprint density at radius 1 is 1.11 bits per heavy atom. The molecule has 8 heteroatoms. The van der Waals surface area contributed by atoms with E-state index >= 15 is 0 Å². The Balaban J connectivity index is 1.56. The van der Waals surface area contributed by atoms with Gasteiger partial charge in [-0.3, -0.25) is 9.59 Å². The van der Waals surface area contributed by atoms with Gasteiger partial charge in [0.1, 0.15) is 11.6 Å². The molecule has 2 amide bonds. The van der Waals surface area contributed by atoms with Gasteiger partial charge in [-0.05, 0) is 74.9 Å². The van der Waals surface area contributed by atoms with Crippen LogP contribution < -0.4 is 4.74 Å².